The first-order valence-corrected chi connectivity index (χ1v) is 11.5. The van der Waals surface area contributed by atoms with Gasteiger partial charge in [-0.2, -0.15) is 0 Å². The molecule has 7 nitrogen and oxygen atoms in total. The smallest absolute Gasteiger partial charge is 0.306 e. The molecule has 0 saturated carbocycles. The molecule has 7 heteroatoms. The molecule has 0 aliphatic rings. The Hall–Kier alpha value is -3.48. The zero-order valence-electron chi connectivity index (χ0n) is 19.3. The van der Waals surface area contributed by atoms with Crippen LogP contribution in [0.25, 0.3) is 11.0 Å². The van der Waals surface area contributed by atoms with Crippen LogP contribution in [0.1, 0.15) is 44.4 Å². The minimum absolute atomic E-state index is 0.0179. The number of rotatable bonds is 11. The van der Waals surface area contributed by atoms with Crippen LogP contribution in [0.2, 0.25) is 0 Å². The van der Waals surface area contributed by atoms with E-state index in [4.69, 9.17) is 4.74 Å². The summed E-state index contributed by atoms with van der Waals surface area (Å²) in [6.45, 7) is 4.69. The van der Waals surface area contributed by atoms with Gasteiger partial charge in [-0.3, -0.25) is 14.4 Å². The van der Waals surface area contributed by atoms with Crippen molar-refractivity contribution in [3.63, 3.8) is 0 Å². The highest BCUT2D eigenvalue weighted by Gasteiger charge is 2.18. The van der Waals surface area contributed by atoms with E-state index in [0.29, 0.717) is 25.2 Å². The van der Waals surface area contributed by atoms with Crippen LogP contribution in [0, 0.1) is 0 Å². The van der Waals surface area contributed by atoms with Crippen molar-refractivity contribution < 1.29 is 14.3 Å². The fourth-order valence-electron chi connectivity index (χ4n) is 3.59. The van der Waals surface area contributed by atoms with Gasteiger partial charge in [0, 0.05) is 19.5 Å². The summed E-state index contributed by atoms with van der Waals surface area (Å²) in [6.07, 6.45) is 1.79. The standard InChI is InChI=1S/C26H31N3O4/c1-3-4-18-29-23-13-9-8-12-21(23)28-22(26(29)32)14-15-24(30)33-19(2)25(31)27-17-16-20-10-6-5-7-11-20/h5-13,19H,3-4,14-18H2,1-2H3,(H,27,31). The van der Waals surface area contributed by atoms with Crippen molar-refractivity contribution in [1.29, 1.82) is 0 Å². The van der Waals surface area contributed by atoms with E-state index in [0.717, 1.165) is 29.4 Å². The Morgan fingerprint density at radius 3 is 2.55 bits per heavy atom. The largest absolute Gasteiger partial charge is 0.453 e. The molecule has 3 rings (SSSR count). The molecule has 1 atom stereocenters. The zero-order valence-corrected chi connectivity index (χ0v) is 19.3. The van der Waals surface area contributed by atoms with E-state index in [1.54, 1.807) is 11.5 Å². The van der Waals surface area contributed by atoms with E-state index in [-0.39, 0.29) is 24.3 Å². The van der Waals surface area contributed by atoms with Crippen molar-refractivity contribution in [3.05, 3.63) is 76.2 Å². The number of carbonyl (C=O) groups is 2. The Balaban J connectivity index is 1.55. The number of benzene rings is 2. The number of aromatic nitrogens is 2. The third-order valence-corrected chi connectivity index (χ3v) is 5.45. The molecule has 1 unspecified atom stereocenters. The predicted octanol–water partition coefficient (Wildman–Crippen LogP) is 3.42. The van der Waals surface area contributed by atoms with Gasteiger partial charge in [-0.05, 0) is 37.5 Å². The molecule has 0 fully saturated rings. The van der Waals surface area contributed by atoms with Gasteiger partial charge in [0.2, 0.25) is 0 Å². The SMILES string of the molecule is CCCCn1c(=O)c(CCC(=O)OC(C)C(=O)NCCc2ccccc2)nc2ccccc21. The van der Waals surface area contributed by atoms with Crippen LogP contribution < -0.4 is 10.9 Å². The Bertz CT molecular complexity index is 1140. The molecule has 33 heavy (non-hydrogen) atoms. The monoisotopic (exact) mass is 449 g/mol. The van der Waals surface area contributed by atoms with Crippen molar-refractivity contribution in [1.82, 2.24) is 14.9 Å². The highest BCUT2D eigenvalue weighted by atomic mass is 16.5. The number of amides is 1. The Morgan fingerprint density at radius 2 is 1.79 bits per heavy atom. The third kappa shape index (κ3) is 6.75. The Kier molecular flexibility index (Phi) is 8.75. The fraction of sp³-hybridized carbons (Fsp3) is 0.385. The molecule has 0 aliphatic heterocycles. The summed E-state index contributed by atoms with van der Waals surface area (Å²) in [6, 6.07) is 17.3. The summed E-state index contributed by atoms with van der Waals surface area (Å²) in [5.41, 5.74) is 2.80. The number of fused-ring (bicyclic) bond motifs is 1. The van der Waals surface area contributed by atoms with Crippen molar-refractivity contribution in [2.24, 2.45) is 0 Å². The number of para-hydroxylation sites is 2. The molecule has 0 saturated heterocycles. The molecule has 0 aliphatic carbocycles. The Labute approximate surface area is 193 Å². The number of esters is 1. The molecule has 0 bridgehead atoms. The van der Waals surface area contributed by atoms with E-state index in [1.165, 1.54) is 0 Å². The maximum atomic E-state index is 13.0. The molecule has 1 amide bonds. The first-order valence-electron chi connectivity index (χ1n) is 11.5. The normalized spacial score (nSPS) is 11.8. The van der Waals surface area contributed by atoms with Gasteiger partial charge in [0.1, 0.15) is 5.69 Å². The number of nitrogens with zero attached hydrogens (tertiary/aromatic N) is 2. The molecular weight excluding hydrogens is 418 g/mol. The van der Waals surface area contributed by atoms with Gasteiger partial charge in [0.05, 0.1) is 17.5 Å². The van der Waals surface area contributed by atoms with Gasteiger partial charge in [-0.25, -0.2) is 4.98 Å². The molecule has 174 valence electrons. The van der Waals surface area contributed by atoms with Crippen molar-refractivity contribution in [2.75, 3.05) is 6.54 Å². The van der Waals surface area contributed by atoms with E-state index in [1.807, 2.05) is 54.6 Å². The summed E-state index contributed by atoms with van der Waals surface area (Å²) in [4.78, 5) is 42.0. The van der Waals surface area contributed by atoms with Gasteiger partial charge >= 0.3 is 5.97 Å². The number of ether oxygens (including phenoxy) is 1. The lowest BCUT2D eigenvalue weighted by molar-refractivity contribution is -0.154. The maximum absolute atomic E-state index is 13.0. The first kappa shape index (κ1) is 24.2. The lowest BCUT2D eigenvalue weighted by Crippen LogP contribution is -2.37. The van der Waals surface area contributed by atoms with Gasteiger partial charge < -0.3 is 14.6 Å². The van der Waals surface area contributed by atoms with Crippen LogP contribution in [0.4, 0.5) is 0 Å². The van der Waals surface area contributed by atoms with Gasteiger partial charge in [0.25, 0.3) is 11.5 Å². The lowest BCUT2D eigenvalue weighted by Gasteiger charge is -2.14. The van der Waals surface area contributed by atoms with Crippen LogP contribution >= 0.6 is 0 Å². The number of carbonyl (C=O) groups excluding carboxylic acids is 2. The number of hydrogen-bond acceptors (Lipinski definition) is 5. The minimum Gasteiger partial charge on any atom is -0.453 e. The molecule has 1 heterocycles. The van der Waals surface area contributed by atoms with E-state index in [9.17, 15) is 14.4 Å². The van der Waals surface area contributed by atoms with Crippen LogP contribution in [0.15, 0.2) is 59.4 Å². The van der Waals surface area contributed by atoms with Crippen molar-refractivity contribution in [3.8, 4) is 0 Å². The summed E-state index contributed by atoms with van der Waals surface area (Å²) >= 11 is 0. The number of aryl methyl sites for hydroxylation is 2. The van der Waals surface area contributed by atoms with E-state index >= 15 is 0 Å². The number of hydrogen-bond donors (Lipinski definition) is 1. The first-order chi connectivity index (χ1) is 16.0. The fourth-order valence-corrected chi connectivity index (χ4v) is 3.59. The topological polar surface area (TPSA) is 90.3 Å². The van der Waals surface area contributed by atoms with Gasteiger partial charge in [0.15, 0.2) is 6.10 Å². The molecule has 0 radical (unpaired) electrons. The Morgan fingerprint density at radius 1 is 1.06 bits per heavy atom. The summed E-state index contributed by atoms with van der Waals surface area (Å²) in [5, 5.41) is 2.78. The summed E-state index contributed by atoms with van der Waals surface area (Å²) in [7, 11) is 0. The lowest BCUT2D eigenvalue weighted by atomic mass is 10.1. The second-order valence-electron chi connectivity index (χ2n) is 8.02. The number of unbranched alkanes of at least 4 members (excludes halogenated alkanes) is 1. The van der Waals surface area contributed by atoms with Crippen LogP contribution in [0.5, 0.6) is 0 Å². The second kappa shape index (κ2) is 11.9. The average molecular weight is 450 g/mol. The van der Waals surface area contributed by atoms with Crippen LogP contribution in [-0.4, -0.2) is 34.1 Å². The molecule has 1 N–H and O–H groups in total. The molecule has 2 aromatic carbocycles. The highest BCUT2D eigenvalue weighted by Crippen LogP contribution is 2.12. The minimum atomic E-state index is -0.904. The van der Waals surface area contributed by atoms with Crippen molar-refractivity contribution >= 4 is 22.9 Å². The van der Waals surface area contributed by atoms with Gasteiger partial charge in [-0.1, -0.05) is 55.8 Å². The second-order valence-corrected chi connectivity index (χ2v) is 8.02. The molecule has 0 spiro atoms. The highest BCUT2D eigenvalue weighted by molar-refractivity contribution is 5.83. The zero-order chi connectivity index (χ0) is 23.6. The quantitative estimate of drug-likeness (QED) is 0.453. The van der Waals surface area contributed by atoms with E-state index < -0.39 is 12.1 Å². The maximum Gasteiger partial charge on any atom is 0.306 e. The summed E-state index contributed by atoms with van der Waals surface area (Å²) in [5.74, 6) is -0.875. The predicted molar refractivity (Wildman–Crippen MR) is 128 cm³/mol. The molecule has 1 aromatic heterocycles. The summed E-state index contributed by atoms with van der Waals surface area (Å²) < 4.78 is 7.00. The van der Waals surface area contributed by atoms with Crippen molar-refractivity contribution in [2.45, 2.75) is 58.6 Å². The number of nitrogens with one attached hydrogen (secondary N) is 1. The van der Waals surface area contributed by atoms with Gasteiger partial charge in [-0.15, -0.1) is 0 Å². The average Bonchev–Trinajstić information content (AvgIpc) is 2.83. The molecule has 3 aromatic rings. The van der Waals surface area contributed by atoms with Crippen LogP contribution in [0.3, 0.4) is 0 Å². The van der Waals surface area contributed by atoms with E-state index in [2.05, 4.69) is 17.2 Å². The molecular formula is C26H31N3O4. The third-order valence-electron chi connectivity index (χ3n) is 5.45. The van der Waals surface area contributed by atoms with Crippen LogP contribution in [-0.2, 0) is 33.7 Å².